The molecule has 0 heterocycles. The van der Waals surface area contributed by atoms with Crippen molar-refractivity contribution in [1.82, 2.24) is 0 Å². The van der Waals surface area contributed by atoms with Gasteiger partial charge in [0.05, 0.1) is 0 Å². The molecule has 8 aliphatic carbocycles. The third-order valence-corrected chi connectivity index (χ3v) is 11.7. The Morgan fingerprint density at radius 3 is 2.24 bits per heavy atom. The lowest BCUT2D eigenvalue weighted by atomic mass is 9.49. The molecule has 0 aliphatic heterocycles. The van der Waals surface area contributed by atoms with Crippen LogP contribution in [-0.2, 0) is 28.6 Å². The van der Waals surface area contributed by atoms with Gasteiger partial charge in [-0.05, 0) is 131 Å². The van der Waals surface area contributed by atoms with Crippen LogP contribution in [0.15, 0.2) is 23.8 Å². The van der Waals surface area contributed by atoms with Crippen molar-refractivity contribution >= 4 is 17.9 Å². The van der Waals surface area contributed by atoms with Crippen molar-refractivity contribution in [2.24, 2.45) is 52.8 Å². The molecular formula is C31H40O6. The first-order valence-corrected chi connectivity index (χ1v) is 14.6. The summed E-state index contributed by atoms with van der Waals surface area (Å²) in [5, 5.41) is 0. The van der Waals surface area contributed by atoms with Gasteiger partial charge in [0.2, 0.25) is 0 Å². The van der Waals surface area contributed by atoms with E-state index in [0.717, 1.165) is 43.1 Å². The molecule has 0 saturated heterocycles. The molecule has 0 aromatic rings. The first kappa shape index (κ1) is 24.0. The van der Waals surface area contributed by atoms with Gasteiger partial charge in [-0.2, -0.15) is 0 Å². The standard InChI is InChI=1S/C31H40O6/c1-16(2)28(33)35-14-26(32)37-30-11-20-10-24-23(25(13-30)31(24,12-20)15-30)4-17(3)29(34)36-27-21-6-18-5-19(8-21)9-22(27)7-18/h4,18-25,27H,1,5-15H2,2-3H3/b17-4+. The summed E-state index contributed by atoms with van der Waals surface area (Å²) in [5.41, 5.74) is 0.823. The molecule has 0 amide bonds. The summed E-state index contributed by atoms with van der Waals surface area (Å²) in [5.74, 6) is 3.67. The molecule has 0 N–H and O–H groups in total. The molecule has 0 radical (unpaired) electrons. The minimum atomic E-state index is -0.565. The van der Waals surface area contributed by atoms with E-state index in [9.17, 15) is 14.4 Å². The number of rotatable bonds is 7. The van der Waals surface area contributed by atoms with Gasteiger partial charge in [0.25, 0.3) is 0 Å². The Morgan fingerprint density at radius 2 is 1.57 bits per heavy atom. The van der Waals surface area contributed by atoms with Gasteiger partial charge < -0.3 is 14.2 Å². The smallest absolute Gasteiger partial charge is 0.344 e. The maximum absolute atomic E-state index is 13.2. The van der Waals surface area contributed by atoms with Gasteiger partial charge in [-0.3, -0.25) is 0 Å². The zero-order chi connectivity index (χ0) is 25.7. The molecule has 6 nitrogen and oxygen atoms in total. The minimum absolute atomic E-state index is 0.114. The van der Waals surface area contributed by atoms with Gasteiger partial charge in [0.15, 0.2) is 6.61 Å². The molecule has 200 valence electrons. The quantitative estimate of drug-likeness (QED) is 0.269. The van der Waals surface area contributed by atoms with Crippen LogP contribution in [0.3, 0.4) is 0 Å². The summed E-state index contributed by atoms with van der Waals surface area (Å²) in [4.78, 5) is 37.6. The fourth-order valence-corrected chi connectivity index (χ4v) is 11.0. The number of hydrogen-bond acceptors (Lipinski definition) is 6. The summed E-state index contributed by atoms with van der Waals surface area (Å²) >= 11 is 0. The van der Waals surface area contributed by atoms with Crippen molar-refractivity contribution in [2.45, 2.75) is 89.8 Å². The molecule has 8 rings (SSSR count). The van der Waals surface area contributed by atoms with Crippen LogP contribution in [0.4, 0.5) is 0 Å². The van der Waals surface area contributed by atoms with Crippen molar-refractivity contribution in [3.05, 3.63) is 23.8 Å². The lowest BCUT2D eigenvalue weighted by Gasteiger charge is -2.55. The normalized spacial score (nSPS) is 47.8. The molecule has 8 aliphatic rings. The fourth-order valence-electron chi connectivity index (χ4n) is 11.0. The number of hydrogen-bond donors (Lipinski definition) is 0. The Balaban J connectivity index is 1.01. The summed E-state index contributed by atoms with van der Waals surface area (Å²) < 4.78 is 17.3. The zero-order valence-corrected chi connectivity index (χ0v) is 22.2. The van der Waals surface area contributed by atoms with E-state index >= 15 is 0 Å². The largest absolute Gasteiger partial charge is 0.458 e. The predicted molar refractivity (Wildman–Crippen MR) is 135 cm³/mol. The van der Waals surface area contributed by atoms with E-state index < -0.39 is 17.5 Å². The third-order valence-electron chi connectivity index (χ3n) is 11.7. The average Bonchev–Trinajstić information content (AvgIpc) is 3.20. The van der Waals surface area contributed by atoms with Crippen molar-refractivity contribution < 1.29 is 28.6 Å². The minimum Gasteiger partial charge on any atom is -0.458 e. The van der Waals surface area contributed by atoms with Crippen molar-refractivity contribution in [3.8, 4) is 0 Å². The third kappa shape index (κ3) is 3.67. The van der Waals surface area contributed by atoms with E-state index in [1.807, 2.05) is 6.92 Å². The Kier molecular flexibility index (Phi) is 5.31. The lowest BCUT2D eigenvalue weighted by molar-refractivity contribution is -0.172. The van der Waals surface area contributed by atoms with Gasteiger partial charge in [-0.1, -0.05) is 12.7 Å². The Labute approximate surface area is 219 Å². The van der Waals surface area contributed by atoms with Crippen molar-refractivity contribution in [2.75, 3.05) is 6.61 Å². The second-order valence-electron chi connectivity index (χ2n) is 14.1. The molecule has 1 spiro atoms. The van der Waals surface area contributed by atoms with Crippen LogP contribution in [-0.4, -0.2) is 36.2 Å². The second-order valence-corrected chi connectivity index (χ2v) is 14.1. The molecule has 0 aromatic carbocycles. The van der Waals surface area contributed by atoms with Crippen LogP contribution in [0.2, 0.25) is 0 Å². The number of ether oxygens (including phenoxy) is 3. The van der Waals surface area contributed by atoms with Crippen molar-refractivity contribution in [3.63, 3.8) is 0 Å². The number of fused-ring (bicyclic) bond motifs is 2. The molecule has 8 fully saturated rings. The van der Waals surface area contributed by atoms with Gasteiger partial charge in [0, 0.05) is 11.1 Å². The maximum atomic E-state index is 13.2. The van der Waals surface area contributed by atoms with Crippen LogP contribution in [0.5, 0.6) is 0 Å². The molecule has 7 bridgehead atoms. The van der Waals surface area contributed by atoms with Crippen LogP contribution < -0.4 is 0 Å². The highest BCUT2D eigenvalue weighted by molar-refractivity contribution is 5.89. The monoisotopic (exact) mass is 508 g/mol. The van der Waals surface area contributed by atoms with Crippen molar-refractivity contribution in [1.29, 1.82) is 0 Å². The number of esters is 3. The van der Waals surface area contributed by atoms with Crippen LogP contribution in [0.25, 0.3) is 0 Å². The Morgan fingerprint density at radius 1 is 0.865 bits per heavy atom. The molecule has 6 heteroatoms. The summed E-state index contributed by atoms with van der Waals surface area (Å²) in [7, 11) is 0. The SMILES string of the molecule is C=C(C)C(=O)OCC(=O)OC12CC3CC4C(/C=C(\C)C(=O)OC5C6CC7CC(C6)CC5C7)C(C1)C4(C3)C2. The molecule has 6 atom stereocenters. The van der Waals surface area contributed by atoms with Gasteiger partial charge >= 0.3 is 17.9 Å². The predicted octanol–water partition coefficient (Wildman–Crippen LogP) is 5.16. The number of allylic oxidation sites excluding steroid dienone is 1. The molecule has 8 saturated carbocycles. The van der Waals surface area contributed by atoms with Gasteiger partial charge in [-0.25, -0.2) is 14.4 Å². The lowest BCUT2D eigenvalue weighted by Crippen LogP contribution is -2.51. The first-order valence-electron chi connectivity index (χ1n) is 14.6. The van der Waals surface area contributed by atoms with E-state index in [-0.39, 0.29) is 29.7 Å². The highest BCUT2D eigenvalue weighted by atomic mass is 16.6. The van der Waals surface area contributed by atoms with E-state index in [2.05, 4.69) is 12.7 Å². The summed E-state index contributed by atoms with van der Waals surface area (Å²) in [6, 6.07) is 0. The highest BCUT2D eigenvalue weighted by Gasteiger charge is 2.75. The number of carbonyl (C=O) groups is 3. The van der Waals surface area contributed by atoms with Gasteiger partial charge in [0.1, 0.15) is 11.7 Å². The second kappa shape index (κ2) is 8.19. The molecule has 0 aromatic heterocycles. The highest BCUT2D eigenvalue weighted by Crippen LogP contribution is 2.79. The Hall–Kier alpha value is -2.11. The van der Waals surface area contributed by atoms with E-state index in [0.29, 0.717) is 35.5 Å². The topological polar surface area (TPSA) is 78.9 Å². The summed E-state index contributed by atoms with van der Waals surface area (Å²) in [6.07, 6.45) is 13.8. The van der Waals surface area contributed by atoms with Crippen LogP contribution >= 0.6 is 0 Å². The molecule has 37 heavy (non-hydrogen) atoms. The molecule has 6 unspecified atom stereocenters. The van der Waals surface area contributed by atoms with Crippen LogP contribution in [0.1, 0.15) is 78.1 Å². The van der Waals surface area contributed by atoms with E-state index in [1.54, 1.807) is 6.92 Å². The maximum Gasteiger partial charge on any atom is 0.344 e. The zero-order valence-electron chi connectivity index (χ0n) is 22.2. The average molecular weight is 509 g/mol. The molecular weight excluding hydrogens is 468 g/mol. The first-order chi connectivity index (χ1) is 17.6. The number of carbonyl (C=O) groups excluding carboxylic acids is 3. The van der Waals surface area contributed by atoms with Crippen LogP contribution in [0, 0.1) is 52.8 Å². The Bertz CT molecular complexity index is 1060. The van der Waals surface area contributed by atoms with E-state index in [1.165, 1.54) is 38.5 Å². The van der Waals surface area contributed by atoms with E-state index in [4.69, 9.17) is 14.2 Å². The van der Waals surface area contributed by atoms with Gasteiger partial charge in [-0.15, -0.1) is 0 Å². The summed E-state index contributed by atoms with van der Waals surface area (Å²) in [6.45, 7) is 6.70. The fraction of sp³-hybridized carbons (Fsp3) is 0.774.